The van der Waals surface area contributed by atoms with Crippen LogP contribution in [0.15, 0.2) is 36.4 Å². The van der Waals surface area contributed by atoms with Crippen molar-refractivity contribution in [3.05, 3.63) is 47.5 Å². The van der Waals surface area contributed by atoms with Crippen molar-refractivity contribution in [2.75, 3.05) is 6.61 Å². The Hall–Kier alpha value is -2.17. The summed E-state index contributed by atoms with van der Waals surface area (Å²) in [6, 6.07) is 10.6. The van der Waals surface area contributed by atoms with E-state index in [4.69, 9.17) is 4.74 Å². The maximum Gasteiger partial charge on any atom is 0.573 e. The highest BCUT2D eigenvalue weighted by molar-refractivity contribution is 5.74. The first-order chi connectivity index (χ1) is 12.5. The summed E-state index contributed by atoms with van der Waals surface area (Å²) in [6.07, 6.45) is 1.47. The second-order valence-electron chi connectivity index (χ2n) is 6.59. The molecule has 2 nitrogen and oxygen atoms in total. The lowest BCUT2D eigenvalue weighted by Gasteiger charge is -2.21. The molecule has 0 saturated carbocycles. The van der Waals surface area contributed by atoms with Crippen LogP contribution in [0, 0.1) is 0 Å². The number of aryl methyl sites for hydroxylation is 2. The maximum absolute atomic E-state index is 12.4. The van der Waals surface area contributed by atoms with Crippen LogP contribution in [0.25, 0.3) is 11.1 Å². The molecule has 0 heterocycles. The van der Waals surface area contributed by atoms with E-state index in [2.05, 4.69) is 17.7 Å². The monoisotopic (exact) mass is 364 g/mol. The summed E-state index contributed by atoms with van der Waals surface area (Å²) < 4.78 is 47.0. The zero-order valence-corrected chi connectivity index (χ0v) is 14.9. The van der Waals surface area contributed by atoms with Crippen LogP contribution < -0.4 is 9.47 Å². The van der Waals surface area contributed by atoms with E-state index in [0.717, 1.165) is 35.3 Å². The Labute approximate surface area is 151 Å². The molecule has 3 rings (SSSR count). The first-order valence-electron chi connectivity index (χ1n) is 9.11. The fourth-order valence-corrected chi connectivity index (χ4v) is 3.35. The molecule has 26 heavy (non-hydrogen) atoms. The molecule has 0 atom stereocenters. The van der Waals surface area contributed by atoms with Gasteiger partial charge in [0.15, 0.2) is 0 Å². The Balaban J connectivity index is 1.71. The molecule has 0 N–H and O–H groups in total. The van der Waals surface area contributed by atoms with Crippen molar-refractivity contribution in [1.29, 1.82) is 0 Å². The first kappa shape index (κ1) is 18.6. The van der Waals surface area contributed by atoms with Crippen molar-refractivity contribution >= 4 is 0 Å². The molecule has 0 fully saturated rings. The number of alkyl halides is 3. The van der Waals surface area contributed by atoms with Gasteiger partial charge in [0.1, 0.15) is 11.5 Å². The highest BCUT2D eigenvalue weighted by atomic mass is 19.4. The third-order valence-electron chi connectivity index (χ3n) is 4.61. The second kappa shape index (κ2) is 8.02. The number of ether oxygens (including phenoxy) is 2. The minimum Gasteiger partial charge on any atom is -0.494 e. The highest BCUT2D eigenvalue weighted by Crippen LogP contribution is 2.38. The molecule has 0 bridgehead atoms. The normalized spacial score (nSPS) is 13.1. The number of fused-ring (bicyclic) bond motifs is 3. The Morgan fingerprint density at radius 1 is 0.846 bits per heavy atom. The largest absolute Gasteiger partial charge is 0.573 e. The van der Waals surface area contributed by atoms with Crippen LogP contribution in [0.4, 0.5) is 13.2 Å². The van der Waals surface area contributed by atoms with E-state index < -0.39 is 6.36 Å². The molecule has 0 unspecified atom stereocenters. The molecule has 0 saturated heterocycles. The smallest absolute Gasteiger partial charge is 0.494 e. The lowest BCUT2D eigenvalue weighted by Crippen LogP contribution is -2.17. The van der Waals surface area contributed by atoms with Crippen molar-refractivity contribution in [1.82, 2.24) is 0 Å². The van der Waals surface area contributed by atoms with Crippen LogP contribution in [0.2, 0.25) is 0 Å². The fourth-order valence-electron chi connectivity index (χ4n) is 3.35. The number of hydrogen-bond donors (Lipinski definition) is 0. The van der Waals surface area contributed by atoms with Gasteiger partial charge in [-0.3, -0.25) is 0 Å². The molecule has 1 aliphatic rings. The molecule has 0 aromatic heterocycles. The number of hydrogen-bond acceptors (Lipinski definition) is 2. The van der Waals surface area contributed by atoms with E-state index >= 15 is 0 Å². The van der Waals surface area contributed by atoms with Gasteiger partial charge in [-0.15, -0.1) is 13.2 Å². The van der Waals surface area contributed by atoms with Gasteiger partial charge in [0.2, 0.25) is 0 Å². The van der Waals surface area contributed by atoms with Gasteiger partial charge >= 0.3 is 6.36 Å². The van der Waals surface area contributed by atoms with Gasteiger partial charge in [-0.2, -0.15) is 0 Å². The topological polar surface area (TPSA) is 18.5 Å². The summed E-state index contributed by atoms with van der Waals surface area (Å²) in [6.45, 7) is 2.90. The maximum atomic E-state index is 12.4. The van der Waals surface area contributed by atoms with E-state index in [9.17, 15) is 13.2 Å². The predicted molar refractivity (Wildman–Crippen MR) is 95.6 cm³/mol. The Bertz CT molecular complexity index is 753. The molecule has 2 aromatic rings. The van der Waals surface area contributed by atoms with Gasteiger partial charge in [0.05, 0.1) is 6.61 Å². The van der Waals surface area contributed by atoms with Gasteiger partial charge in [-0.1, -0.05) is 38.3 Å². The summed E-state index contributed by atoms with van der Waals surface area (Å²) in [5.74, 6) is 0.701. The minimum absolute atomic E-state index is 0.160. The van der Waals surface area contributed by atoms with E-state index in [1.165, 1.54) is 37.0 Å². The van der Waals surface area contributed by atoms with E-state index in [1.807, 2.05) is 12.1 Å². The van der Waals surface area contributed by atoms with Gasteiger partial charge in [0.25, 0.3) is 0 Å². The van der Waals surface area contributed by atoms with E-state index in [1.54, 1.807) is 6.07 Å². The second-order valence-corrected chi connectivity index (χ2v) is 6.59. The van der Waals surface area contributed by atoms with Gasteiger partial charge in [-0.05, 0) is 65.8 Å². The molecule has 0 aliphatic heterocycles. The third-order valence-corrected chi connectivity index (χ3v) is 4.61. The molecule has 1 aliphatic carbocycles. The molecule has 2 aromatic carbocycles. The van der Waals surface area contributed by atoms with Crippen molar-refractivity contribution < 1.29 is 22.6 Å². The highest BCUT2D eigenvalue weighted by Gasteiger charge is 2.31. The molecule has 5 heteroatoms. The number of rotatable bonds is 7. The van der Waals surface area contributed by atoms with Crippen LogP contribution >= 0.6 is 0 Å². The van der Waals surface area contributed by atoms with Gasteiger partial charge < -0.3 is 9.47 Å². The quantitative estimate of drug-likeness (QED) is 0.536. The van der Waals surface area contributed by atoms with Crippen LogP contribution in [-0.2, 0) is 12.8 Å². The molecular formula is C21H23F3O2. The number of halogens is 3. The zero-order chi connectivity index (χ0) is 18.6. The summed E-state index contributed by atoms with van der Waals surface area (Å²) >= 11 is 0. The van der Waals surface area contributed by atoms with Crippen molar-refractivity contribution in [3.63, 3.8) is 0 Å². The minimum atomic E-state index is -4.66. The number of benzene rings is 2. The Kier molecular flexibility index (Phi) is 5.74. The Morgan fingerprint density at radius 2 is 1.46 bits per heavy atom. The molecule has 0 spiro atoms. The van der Waals surface area contributed by atoms with Crippen LogP contribution in [0.1, 0.15) is 43.7 Å². The fraction of sp³-hybridized carbons (Fsp3) is 0.429. The average Bonchev–Trinajstić information content (AvgIpc) is 2.59. The van der Waals surface area contributed by atoms with Gasteiger partial charge in [-0.25, -0.2) is 0 Å². The van der Waals surface area contributed by atoms with Gasteiger partial charge in [0, 0.05) is 0 Å². The molecule has 0 amide bonds. The standard InChI is InChI=1S/C21H23F3O2/c1-2-3-4-5-12-25-17-8-10-19-15(13-17)6-7-16-14-18(9-11-20(16)19)26-21(22,23)24/h8-11,13-14H,2-7,12H2,1H3. The van der Waals surface area contributed by atoms with Crippen molar-refractivity contribution in [2.24, 2.45) is 0 Å². The average molecular weight is 364 g/mol. The van der Waals surface area contributed by atoms with Crippen LogP contribution in [-0.4, -0.2) is 13.0 Å². The Morgan fingerprint density at radius 3 is 2.08 bits per heavy atom. The SMILES string of the molecule is CCCCCCOc1ccc2c(c1)CCc1cc(OC(F)(F)F)ccc1-2. The van der Waals surface area contributed by atoms with Crippen molar-refractivity contribution in [3.8, 4) is 22.6 Å². The summed E-state index contributed by atoms with van der Waals surface area (Å²) in [4.78, 5) is 0. The predicted octanol–water partition coefficient (Wildman–Crippen LogP) is 6.31. The summed E-state index contributed by atoms with van der Waals surface area (Å²) in [5.41, 5.74) is 4.08. The first-order valence-corrected chi connectivity index (χ1v) is 9.11. The molecular weight excluding hydrogens is 341 g/mol. The lowest BCUT2D eigenvalue weighted by molar-refractivity contribution is -0.274. The van der Waals surface area contributed by atoms with E-state index in [0.29, 0.717) is 13.0 Å². The van der Waals surface area contributed by atoms with Crippen LogP contribution in [0.5, 0.6) is 11.5 Å². The molecule has 140 valence electrons. The zero-order valence-electron chi connectivity index (χ0n) is 14.9. The van der Waals surface area contributed by atoms with E-state index in [-0.39, 0.29) is 5.75 Å². The van der Waals surface area contributed by atoms with Crippen LogP contribution in [0.3, 0.4) is 0 Å². The summed E-state index contributed by atoms with van der Waals surface area (Å²) in [5, 5.41) is 0. The lowest BCUT2D eigenvalue weighted by atomic mass is 9.85. The number of unbranched alkanes of at least 4 members (excludes halogenated alkanes) is 3. The molecule has 0 radical (unpaired) electrons. The summed E-state index contributed by atoms with van der Waals surface area (Å²) in [7, 11) is 0. The third kappa shape index (κ3) is 4.71. The van der Waals surface area contributed by atoms with Crippen molar-refractivity contribution in [2.45, 2.75) is 51.8 Å².